The molecular weight excluding hydrogens is 118 g/mol. The minimum Gasteiger partial charge on any atom is -0.0623 e. The molecule has 0 fully saturated rings. The van der Waals surface area contributed by atoms with Crippen LogP contribution in [0.3, 0.4) is 0 Å². The molecule has 41 valence electrons. The van der Waals surface area contributed by atoms with Crippen molar-refractivity contribution >= 4 is 13.5 Å². The first-order valence-corrected chi connectivity index (χ1v) is 2.00. The average molecular weight is 124 g/mol. The maximum Gasteiger partial charge on any atom is 0 e. The highest BCUT2D eigenvalue weighted by molar-refractivity contribution is 7.59. The van der Waals surface area contributed by atoms with Crippen LogP contribution in [0.5, 0.6) is 0 Å². The molecule has 0 saturated carbocycles. The zero-order chi connectivity index (χ0) is 4.24. The lowest BCUT2D eigenvalue weighted by Gasteiger charge is -1.69. The summed E-state index contributed by atoms with van der Waals surface area (Å²) in [5.74, 6) is 0. The molecule has 0 N–H and O–H groups in total. The van der Waals surface area contributed by atoms with Gasteiger partial charge in [0.15, 0.2) is 0 Å². The van der Waals surface area contributed by atoms with Crippen LogP contribution in [0.2, 0.25) is 0 Å². The van der Waals surface area contributed by atoms with Gasteiger partial charge >= 0.3 is 0 Å². The van der Waals surface area contributed by atoms with Crippen LogP contribution < -0.4 is 6.15 Å². The van der Waals surface area contributed by atoms with Crippen molar-refractivity contribution in [1.82, 2.24) is 6.15 Å². The van der Waals surface area contributed by atoms with E-state index >= 15 is 0 Å². The maximum atomic E-state index is 2.00. The molecule has 1 rings (SSSR count). The zero-order valence-electron chi connectivity index (χ0n) is 4.32. The van der Waals surface area contributed by atoms with Crippen molar-refractivity contribution in [2.75, 3.05) is 0 Å². The first-order valence-electron chi connectivity index (χ1n) is 2.00. The van der Waals surface area contributed by atoms with Crippen LogP contribution in [0.25, 0.3) is 0 Å². The third kappa shape index (κ3) is 3.71. The van der Waals surface area contributed by atoms with E-state index in [2.05, 4.69) is 0 Å². The topological polar surface area (TPSA) is 30.5 Å². The fraction of sp³-hybridized carbons (Fsp3) is 0. The fourth-order valence-electron chi connectivity index (χ4n) is 0.385. The van der Waals surface area contributed by atoms with Crippen LogP contribution in [-0.2, 0) is 0 Å². The molecule has 0 amide bonds. The number of hydrogen-bond donors (Lipinski definition) is 0. The van der Waals surface area contributed by atoms with E-state index in [0.29, 0.717) is 0 Å². The first-order chi connectivity index (χ1) is 3.00. The monoisotopic (exact) mass is 124 g/mol. The summed E-state index contributed by atoms with van der Waals surface area (Å²) in [5, 5.41) is 0. The summed E-state index contributed by atoms with van der Waals surface area (Å²) in [7, 11) is 0. The molecule has 1 aromatic rings. The largest absolute Gasteiger partial charge is 0.0623 e. The molecule has 1 nitrogen and oxygen atoms in total. The molecule has 1 aromatic carbocycles. The van der Waals surface area contributed by atoms with Crippen molar-refractivity contribution in [2.45, 2.75) is 0 Å². The standard InChI is InChI=1S/C6H6.N.S/c1-2-4-6-5-3-1;;/h1-6H;;. The van der Waals surface area contributed by atoms with Crippen molar-refractivity contribution in [3.63, 3.8) is 0 Å². The van der Waals surface area contributed by atoms with E-state index in [4.69, 9.17) is 0 Å². The van der Waals surface area contributed by atoms with Gasteiger partial charge in [0.1, 0.15) is 0 Å². The molecule has 0 aromatic heterocycles. The first kappa shape index (κ1) is 10.5. The smallest absolute Gasteiger partial charge is 0 e. The van der Waals surface area contributed by atoms with Crippen LogP contribution in [-0.4, -0.2) is 0 Å². The van der Waals surface area contributed by atoms with Gasteiger partial charge in [-0.25, -0.2) is 0 Å². The molecule has 0 bridgehead atoms. The Morgan fingerprint density at radius 1 is 0.500 bits per heavy atom. The Hall–Kier alpha value is -0.470. The summed E-state index contributed by atoms with van der Waals surface area (Å²) < 4.78 is 0. The van der Waals surface area contributed by atoms with Crippen molar-refractivity contribution in [3.05, 3.63) is 36.4 Å². The summed E-state index contributed by atoms with van der Waals surface area (Å²) in [6.45, 7) is 0. The number of hydrogen-bond acceptors (Lipinski definition) is 0. The summed E-state index contributed by atoms with van der Waals surface area (Å²) in [6, 6.07) is 12.0. The van der Waals surface area contributed by atoms with Crippen LogP contribution in [0, 0.1) is 0 Å². The summed E-state index contributed by atoms with van der Waals surface area (Å²) in [6.07, 6.45) is 0. The number of rotatable bonds is 0. The van der Waals surface area contributed by atoms with Gasteiger partial charge in [0.05, 0.1) is 0 Å². The highest BCUT2D eigenvalue weighted by Crippen LogP contribution is 1.79. The molecule has 0 saturated heterocycles. The van der Waals surface area contributed by atoms with Gasteiger partial charge in [-0.1, -0.05) is 36.4 Å². The molecule has 0 unspecified atom stereocenters. The molecule has 0 heterocycles. The Bertz CT molecular complexity index is 80.5. The van der Waals surface area contributed by atoms with Gasteiger partial charge in [-0.3, -0.25) is 0 Å². The Morgan fingerprint density at radius 2 is 0.625 bits per heavy atom. The van der Waals surface area contributed by atoms with Gasteiger partial charge in [-0.2, -0.15) is 0 Å². The molecule has 0 aliphatic carbocycles. The van der Waals surface area contributed by atoms with Crippen LogP contribution in [0.15, 0.2) is 36.4 Å². The second-order valence-corrected chi connectivity index (χ2v) is 1.15. The van der Waals surface area contributed by atoms with E-state index in [0.717, 1.165) is 0 Å². The van der Waals surface area contributed by atoms with Gasteiger partial charge in [-0.05, 0) is 0 Å². The summed E-state index contributed by atoms with van der Waals surface area (Å²) >= 11 is 0. The molecule has 0 aliphatic rings. The van der Waals surface area contributed by atoms with Crippen LogP contribution in [0.4, 0.5) is 0 Å². The number of nitrogens with zero attached hydrogens (tertiary/aromatic N) is 1. The SMILES string of the molecule is [N].[S].c1ccccc1. The average Bonchev–Trinajstić information content (AvgIpc) is 1.72. The Balaban J connectivity index is 0. The molecule has 0 atom stereocenters. The van der Waals surface area contributed by atoms with Crippen LogP contribution >= 0.6 is 13.5 Å². The third-order valence-corrected chi connectivity index (χ3v) is 0.667. The summed E-state index contributed by atoms with van der Waals surface area (Å²) in [5.41, 5.74) is 0. The van der Waals surface area contributed by atoms with Gasteiger partial charge < -0.3 is 0 Å². The normalized spacial score (nSPS) is 6.00. The van der Waals surface area contributed by atoms with Crippen molar-refractivity contribution in [1.29, 1.82) is 0 Å². The lowest BCUT2D eigenvalue weighted by atomic mass is 10.4. The second kappa shape index (κ2) is 6.53. The lowest BCUT2D eigenvalue weighted by molar-refractivity contribution is 1.72. The summed E-state index contributed by atoms with van der Waals surface area (Å²) in [4.78, 5) is 0. The second-order valence-electron chi connectivity index (χ2n) is 1.15. The Labute approximate surface area is 56.8 Å². The van der Waals surface area contributed by atoms with Crippen LogP contribution in [0.1, 0.15) is 0 Å². The van der Waals surface area contributed by atoms with E-state index in [1.54, 1.807) is 0 Å². The van der Waals surface area contributed by atoms with Crippen molar-refractivity contribution < 1.29 is 0 Å². The number of benzene rings is 1. The molecule has 0 aliphatic heterocycles. The highest BCUT2D eigenvalue weighted by atomic mass is 32.1. The molecule has 0 spiro atoms. The Morgan fingerprint density at radius 3 is 0.750 bits per heavy atom. The van der Waals surface area contributed by atoms with Crippen molar-refractivity contribution in [3.8, 4) is 0 Å². The molecule has 8 heavy (non-hydrogen) atoms. The predicted molar refractivity (Wildman–Crippen MR) is 36.2 cm³/mol. The van der Waals surface area contributed by atoms with E-state index < -0.39 is 0 Å². The minimum absolute atomic E-state index is 0. The van der Waals surface area contributed by atoms with Gasteiger partial charge in [-0.15, -0.1) is 0 Å². The van der Waals surface area contributed by atoms with Gasteiger partial charge in [0.2, 0.25) is 0 Å². The van der Waals surface area contributed by atoms with E-state index in [1.165, 1.54) is 0 Å². The van der Waals surface area contributed by atoms with E-state index in [-0.39, 0.29) is 19.6 Å². The quantitative estimate of drug-likeness (QED) is 0.505. The van der Waals surface area contributed by atoms with E-state index in [1.807, 2.05) is 36.4 Å². The zero-order valence-corrected chi connectivity index (χ0v) is 5.14. The van der Waals surface area contributed by atoms with Gasteiger partial charge in [0.25, 0.3) is 0 Å². The molecule has 2 heteroatoms. The predicted octanol–water partition coefficient (Wildman–Crippen LogP) is 1.85. The Kier molecular flexibility index (Phi) is 8.57. The highest BCUT2D eigenvalue weighted by Gasteiger charge is 1.57. The lowest BCUT2D eigenvalue weighted by Crippen LogP contribution is -1.47. The molecular formula is C6H6NS. The van der Waals surface area contributed by atoms with E-state index in [9.17, 15) is 0 Å². The maximum absolute atomic E-state index is 2.00. The third-order valence-electron chi connectivity index (χ3n) is 0.667. The fourth-order valence-corrected chi connectivity index (χ4v) is 0.385. The van der Waals surface area contributed by atoms with Crippen molar-refractivity contribution in [2.24, 2.45) is 0 Å². The minimum atomic E-state index is 0. The van der Waals surface area contributed by atoms with Gasteiger partial charge in [0, 0.05) is 19.6 Å². The molecule has 5 radical (unpaired) electrons.